The molecule has 3 aliphatic rings. The van der Waals surface area contributed by atoms with Crippen LogP contribution in [0.25, 0.3) is 11.1 Å². The highest BCUT2D eigenvalue weighted by molar-refractivity contribution is 5.78. The summed E-state index contributed by atoms with van der Waals surface area (Å²) in [4.78, 5) is 11.7. The Morgan fingerprint density at radius 2 is 1.83 bits per heavy atom. The number of carboxylic acid groups (broad SMARTS) is 1. The quantitative estimate of drug-likeness (QED) is 0.346. The molecule has 2 fully saturated rings. The maximum absolute atomic E-state index is 16.1. The summed E-state index contributed by atoms with van der Waals surface area (Å²) in [7, 11) is 3.12. The average molecular weight is 571 g/mol. The van der Waals surface area contributed by atoms with E-state index in [4.69, 9.17) is 14.2 Å². The highest BCUT2D eigenvalue weighted by atomic mass is 19.1. The van der Waals surface area contributed by atoms with E-state index < -0.39 is 46.5 Å². The Morgan fingerprint density at radius 3 is 2.44 bits per heavy atom. The Labute approximate surface area is 239 Å². The van der Waals surface area contributed by atoms with E-state index in [9.17, 15) is 9.90 Å². The summed E-state index contributed by atoms with van der Waals surface area (Å²) in [5.74, 6) is -2.59. The number of aliphatic carboxylic acids is 1. The van der Waals surface area contributed by atoms with Gasteiger partial charge in [0.25, 0.3) is 0 Å². The van der Waals surface area contributed by atoms with E-state index in [1.165, 1.54) is 20.1 Å². The maximum atomic E-state index is 16.1. The predicted molar refractivity (Wildman–Crippen MR) is 149 cm³/mol. The first-order valence-corrected chi connectivity index (χ1v) is 13.9. The van der Waals surface area contributed by atoms with Crippen molar-refractivity contribution < 1.29 is 37.3 Å². The number of benzene rings is 2. The van der Waals surface area contributed by atoms with Crippen molar-refractivity contribution in [1.82, 2.24) is 0 Å². The second kappa shape index (κ2) is 10.3. The normalized spacial score (nSPS) is 26.4. The molecule has 0 bridgehead atoms. The topological polar surface area (TPSA) is 65.0 Å². The third kappa shape index (κ3) is 4.99. The lowest BCUT2D eigenvalue weighted by Gasteiger charge is -2.35. The zero-order valence-corrected chi connectivity index (χ0v) is 24.4. The highest BCUT2D eigenvalue weighted by Gasteiger charge is 2.66. The number of ether oxygens (including phenoxy) is 3. The largest absolute Gasteiger partial charge is 0.497 e. The van der Waals surface area contributed by atoms with Gasteiger partial charge in [-0.2, -0.15) is 0 Å². The minimum Gasteiger partial charge on any atom is -0.497 e. The lowest BCUT2D eigenvalue weighted by Crippen LogP contribution is -2.34. The summed E-state index contributed by atoms with van der Waals surface area (Å²) < 4.78 is 63.9. The van der Waals surface area contributed by atoms with Crippen LogP contribution < -0.4 is 4.74 Å². The van der Waals surface area contributed by atoms with Crippen LogP contribution >= 0.6 is 0 Å². The van der Waals surface area contributed by atoms with Gasteiger partial charge in [0.2, 0.25) is 0 Å². The molecule has 1 unspecified atom stereocenters. The summed E-state index contributed by atoms with van der Waals surface area (Å²) in [6.45, 7) is 7.54. The molecular weight excluding hydrogens is 533 g/mol. The Kier molecular flexibility index (Phi) is 7.40. The molecule has 4 atom stereocenters. The zero-order chi connectivity index (χ0) is 29.9. The molecule has 0 heterocycles. The summed E-state index contributed by atoms with van der Waals surface area (Å²) >= 11 is 0. The molecule has 0 radical (unpaired) electrons. The van der Waals surface area contributed by atoms with E-state index in [0.717, 1.165) is 5.56 Å². The average Bonchev–Trinajstić information content (AvgIpc) is 3.51. The number of hydrogen-bond donors (Lipinski definition) is 1. The van der Waals surface area contributed by atoms with Gasteiger partial charge in [-0.1, -0.05) is 39.0 Å². The maximum Gasteiger partial charge on any atom is 0.307 e. The molecule has 0 saturated heterocycles. The van der Waals surface area contributed by atoms with Crippen LogP contribution in [-0.2, 0) is 20.9 Å². The first kappa shape index (κ1) is 29.4. The number of fused-ring (bicyclic) bond motifs is 2. The standard InChI is InChI=1S/C33H37F3O5/c1-31(2,3)29(40-6)23-13-18(7-9-20(23)22-14-19(39-5)8-10-25(22)34)17-41-32(4)16-26(35)21-11-12-33(27(21)28(32)36)15-24(33)30(37)38/h7-10,13-14,24,29H,11-12,15-17H2,1-6H3,(H,37,38)/t24-,29+,32?,33+/m0/s1. The first-order chi connectivity index (χ1) is 19.3. The van der Waals surface area contributed by atoms with E-state index in [0.29, 0.717) is 47.3 Å². The van der Waals surface area contributed by atoms with Crippen molar-refractivity contribution in [3.05, 3.63) is 76.1 Å². The summed E-state index contributed by atoms with van der Waals surface area (Å²) in [5, 5.41) is 9.58. The fourth-order valence-corrected chi connectivity index (χ4v) is 6.75. The fourth-order valence-electron chi connectivity index (χ4n) is 6.75. The zero-order valence-electron chi connectivity index (χ0n) is 24.4. The molecular formula is C33H37F3O5. The van der Waals surface area contributed by atoms with Gasteiger partial charge in [-0.15, -0.1) is 0 Å². The van der Waals surface area contributed by atoms with Crippen LogP contribution in [0.4, 0.5) is 13.2 Å². The molecule has 3 aliphatic carbocycles. The van der Waals surface area contributed by atoms with Crippen LogP contribution in [0.2, 0.25) is 0 Å². The van der Waals surface area contributed by atoms with Crippen molar-refractivity contribution in [3.63, 3.8) is 0 Å². The Hall–Kier alpha value is -3.10. The van der Waals surface area contributed by atoms with Crippen molar-refractivity contribution >= 4 is 5.97 Å². The smallest absolute Gasteiger partial charge is 0.307 e. The molecule has 5 rings (SSSR count). The summed E-state index contributed by atoms with van der Waals surface area (Å²) in [6, 6.07) is 9.97. The van der Waals surface area contributed by atoms with Gasteiger partial charge in [0.15, 0.2) is 0 Å². The molecule has 0 aromatic heterocycles. The van der Waals surface area contributed by atoms with Crippen LogP contribution in [0.15, 0.2) is 59.2 Å². The molecule has 1 spiro atoms. The number of allylic oxidation sites excluding steroid dienone is 2. The van der Waals surface area contributed by atoms with Crippen molar-refractivity contribution in [2.45, 2.75) is 71.7 Å². The SMILES string of the molecule is COc1ccc(F)c(-c2ccc(COC3(C)CC(F)=C4CC[C@]5(C[C@H]5C(=O)O)C4=C3F)cc2[C@@H](OC)C(C)(C)C)c1. The summed E-state index contributed by atoms with van der Waals surface area (Å²) in [5.41, 5.74) is 0.141. The molecule has 2 aromatic carbocycles. The Balaban J connectivity index is 1.50. The Morgan fingerprint density at radius 1 is 1.10 bits per heavy atom. The van der Waals surface area contributed by atoms with Crippen LogP contribution in [0.3, 0.4) is 0 Å². The minimum absolute atomic E-state index is 0.0381. The van der Waals surface area contributed by atoms with Gasteiger partial charge >= 0.3 is 5.97 Å². The van der Waals surface area contributed by atoms with Gasteiger partial charge in [-0.25, -0.2) is 13.2 Å². The molecule has 5 nitrogen and oxygen atoms in total. The highest BCUT2D eigenvalue weighted by Crippen LogP contribution is 2.70. The number of carboxylic acids is 1. The van der Waals surface area contributed by atoms with Crippen molar-refractivity contribution in [1.29, 1.82) is 0 Å². The number of hydrogen-bond acceptors (Lipinski definition) is 4. The van der Waals surface area contributed by atoms with Gasteiger partial charge in [0, 0.05) is 24.5 Å². The van der Waals surface area contributed by atoms with E-state index in [1.54, 1.807) is 31.4 Å². The predicted octanol–water partition coefficient (Wildman–Crippen LogP) is 8.25. The number of methoxy groups -OCH3 is 2. The van der Waals surface area contributed by atoms with Crippen LogP contribution in [0.5, 0.6) is 5.75 Å². The van der Waals surface area contributed by atoms with E-state index in [-0.39, 0.29) is 24.0 Å². The second-order valence-corrected chi connectivity index (χ2v) is 12.8. The van der Waals surface area contributed by atoms with Crippen LogP contribution in [0, 0.1) is 22.6 Å². The van der Waals surface area contributed by atoms with Gasteiger partial charge < -0.3 is 19.3 Å². The molecule has 8 heteroatoms. The summed E-state index contributed by atoms with van der Waals surface area (Å²) in [6.07, 6.45) is 0.410. The monoisotopic (exact) mass is 570 g/mol. The number of carbonyl (C=O) groups is 1. The molecule has 0 amide bonds. The van der Waals surface area contributed by atoms with Gasteiger partial charge in [-0.05, 0) is 77.6 Å². The Bertz CT molecular complexity index is 1460. The molecule has 220 valence electrons. The first-order valence-electron chi connectivity index (χ1n) is 13.9. The molecule has 2 saturated carbocycles. The molecule has 41 heavy (non-hydrogen) atoms. The molecule has 2 aromatic rings. The molecule has 0 aliphatic heterocycles. The van der Waals surface area contributed by atoms with Crippen LogP contribution in [0.1, 0.15) is 70.6 Å². The fraction of sp³-hybridized carbons (Fsp3) is 0.485. The number of rotatable bonds is 8. The third-order valence-electron chi connectivity index (χ3n) is 8.94. The third-order valence-corrected chi connectivity index (χ3v) is 8.94. The lowest BCUT2D eigenvalue weighted by molar-refractivity contribution is -0.139. The van der Waals surface area contributed by atoms with Gasteiger partial charge in [-0.3, -0.25) is 4.79 Å². The van der Waals surface area contributed by atoms with Crippen molar-refractivity contribution in [2.75, 3.05) is 14.2 Å². The van der Waals surface area contributed by atoms with Crippen LogP contribution in [-0.4, -0.2) is 30.9 Å². The van der Waals surface area contributed by atoms with Gasteiger partial charge in [0.05, 0.1) is 25.7 Å². The lowest BCUT2D eigenvalue weighted by atomic mass is 9.81. The van der Waals surface area contributed by atoms with E-state index in [2.05, 4.69) is 0 Å². The van der Waals surface area contributed by atoms with Crippen molar-refractivity contribution in [3.8, 4) is 16.9 Å². The van der Waals surface area contributed by atoms with E-state index >= 15 is 13.2 Å². The minimum atomic E-state index is -1.58. The number of halogens is 3. The molecule has 1 N–H and O–H groups in total. The van der Waals surface area contributed by atoms with Gasteiger partial charge in [0.1, 0.15) is 28.8 Å². The second-order valence-electron chi connectivity index (χ2n) is 12.8. The van der Waals surface area contributed by atoms with E-state index in [1.807, 2.05) is 26.8 Å². The van der Waals surface area contributed by atoms with Crippen molar-refractivity contribution in [2.24, 2.45) is 16.7 Å².